The number of aliphatic hydroxyl groups is 3. The molecule has 0 spiro atoms. The number of rotatable bonds is 5. The van der Waals surface area contributed by atoms with Crippen LogP contribution in [0.4, 0.5) is 5.69 Å². The Balaban J connectivity index is 1.69. The van der Waals surface area contributed by atoms with Gasteiger partial charge < -0.3 is 31.1 Å². The average molecular weight is 541 g/mol. The highest BCUT2D eigenvalue weighted by Gasteiger charge is 2.63. The summed E-state index contributed by atoms with van der Waals surface area (Å²) in [6.07, 6.45) is 2.45. The molecule has 4 atom stereocenters. The molecule has 1 aliphatic heterocycles. The summed E-state index contributed by atoms with van der Waals surface area (Å²) < 4.78 is 0. The van der Waals surface area contributed by atoms with Crippen LogP contribution in [0.1, 0.15) is 40.7 Å². The number of ketones is 2. The van der Waals surface area contributed by atoms with Crippen LogP contribution in [0.5, 0.6) is 5.75 Å². The number of aromatic hydroxyl groups is 1. The van der Waals surface area contributed by atoms with Crippen molar-refractivity contribution >= 4 is 23.2 Å². The van der Waals surface area contributed by atoms with Gasteiger partial charge in [-0.1, -0.05) is 0 Å². The van der Waals surface area contributed by atoms with Crippen molar-refractivity contribution in [3.05, 3.63) is 45.4 Å². The van der Waals surface area contributed by atoms with Crippen LogP contribution in [0.15, 0.2) is 28.7 Å². The van der Waals surface area contributed by atoms with Gasteiger partial charge in [-0.2, -0.15) is 0 Å². The van der Waals surface area contributed by atoms with E-state index >= 15 is 0 Å². The summed E-state index contributed by atoms with van der Waals surface area (Å²) in [5.41, 5.74) is 3.83. The normalized spacial score (nSPS) is 29.0. The first-order chi connectivity index (χ1) is 18.3. The predicted molar refractivity (Wildman–Crippen MR) is 143 cm³/mol. The van der Waals surface area contributed by atoms with Crippen LogP contribution in [0, 0.1) is 11.8 Å². The smallest absolute Gasteiger partial charge is 0.255 e. The van der Waals surface area contributed by atoms with Gasteiger partial charge >= 0.3 is 0 Å². The van der Waals surface area contributed by atoms with Crippen molar-refractivity contribution in [2.24, 2.45) is 17.6 Å². The summed E-state index contributed by atoms with van der Waals surface area (Å²) in [6, 6.07) is 0.883. The highest BCUT2D eigenvalue weighted by molar-refractivity contribution is 6.24. The first-order valence-corrected chi connectivity index (χ1v) is 13.2. The lowest BCUT2D eigenvalue weighted by atomic mass is 9.58. The molecule has 5 rings (SSSR count). The molecule has 0 aromatic heterocycles. The Kier molecular flexibility index (Phi) is 6.52. The molecule has 1 aromatic rings. The number of hydrogen-bond acceptors (Lipinski definition) is 10. The first-order valence-electron chi connectivity index (χ1n) is 13.2. The molecule has 6 N–H and O–H groups in total. The van der Waals surface area contributed by atoms with E-state index < -0.39 is 58.0 Å². The number of hydrogen-bond donors (Lipinski definition) is 5. The van der Waals surface area contributed by atoms with E-state index in [1.807, 2.05) is 25.1 Å². The molecule has 0 unspecified atom stereocenters. The third kappa shape index (κ3) is 3.86. The lowest BCUT2D eigenvalue weighted by Gasteiger charge is -2.50. The number of likely N-dealkylation sites (tertiary alicyclic amines) is 1. The Morgan fingerprint density at radius 2 is 1.77 bits per heavy atom. The summed E-state index contributed by atoms with van der Waals surface area (Å²) in [7, 11) is 6.93. The van der Waals surface area contributed by atoms with Gasteiger partial charge in [0, 0.05) is 43.4 Å². The van der Waals surface area contributed by atoms with E-state index in [-0.39, 0.29) is 29.7 Å². The third-order valence-corrected chi connectivity index (χ3v) is 8.85. The average Bonchev–Trinajstić information content (AvgIpc) is 3.35. The van der Waals surface area contributed by atoms with E-state index in [1.54, 1.807) is 19.0 Å². The van der Waals surface area contributed by atoms with E-state index in [0.29, 0.717) is 17.7 Å². The van der Waals surface area contributed by atoms with Crippen LogP contribution in [0.25, 0.3) is 0 Å². The summed E-state index contributed by atoms with van der Waals surface area (Å²) in [4.78, 5) is 45.3. The first kappa shape index (κ1) is 27.2. The SMILES string of the molecule is CN(C)c1cc(CN2CCCC2)c(O)c2c1C[C@H]1C[C@H]3[C@H](N(C)C)C(O)=C(C(N)=O)C(=O)[C@@]3(O)C(O)=C1C2=O. The van der Waals surface area contributed by atoms with Crippen molar-refractivity contribution < 1.29 is 34.8 Å². The summed E-state index contributed by atoms with van der Waals surface area (Å²) in [6.45, 7) is 2.24. The third-order valence-electron chi connectivity index (χ3n) is 8.85. The molecule has 210 valence electrons. The van der Waals surface area contributed by atoms with E-state index in [9.17, 15) is 34.8 Å². The fourth-order valence-electron chi connectivity index (χ4n) is 7.05. The monoisotopic (exact) mass is 540 g/mol. The van der Waals surface area contributed by atoms with Crippen LogP contribution in [-0.4, -0.2) is 101 Å². The van der Waals surface area contributed by atoms with Gasteiger partial charge in [-0.05, 0) is 70.4 Å². The number of nitrogens with zero attached hydrogens (tertiary/aromatic N) is 3. The Bertz CT molecular complexity index is 1340. The molecule has 0 saturated carbocycles. The van der Waals surface area contributed by atoms with Gasteiger partial charge in [-0.3, -0.25) is 24.2 Å². The number of anilines is 1. The summed E-state index contributed by atoms with van der Waals surface area (Å²) in [5.74, 6) is -6.38. The maximum Gasteiger partial charge on any atom is 0.255 e. The number of phenols is 1. The van der Waals surface area contributed by atoms with E-state index in [0.717, 1.165) is 31.6 Å². The number of primary amides is 1. The molecule has 0 bridgehead atoms. The number of aliphatic hydroxyl groups excluding tert-OH is 2. The van der Waals surface area contributed by atoms with Gasteiger partial charge in [0.2, 0.25) is 5.78 Å². The zero-order valence-electron chi connectivity index (χ0n) is 22.7. The number of allylic oxidation sites excluding steroid dienone is 1. The topological polar surface area (TPSA) is 168 Å². The van der Waals surface area contributed by atoms with Crippen LogP contribution >= 0.6 is 0 Å². The minimum Gasteiger partial charge on any atom is -0.510 e. The number of likely N-dealkylation sites (N-methyl/N-ethyl adjacent to an activating group) is 1. The zero-order valence-corrected chi connectivity index (χ0v) is 22.7. The number of carbonyl (C=O) groups is 3. The van der Waals surface area contributed by atoms with Crippen molar-refractivity contribution in [2.45, 2.75) is 43.9 Å². The van der Waals surface area contributed by atoms with Crippen LogP contribution in [0.2, 0.25) is 0 Å². The molecular formula is C28H36N4O7. The largest absolute Gasteiger partial charge is 0.510 e. The molecule has 39 heavy (non-hydrogen) atoms. The van der Waals surface area contributed by atoms with Gasteiger partial charge in [0.25, 0.3) is 5.91 Å². The van der Waals surface area contributed by atoms with Crippen molar-refractivity contribution in [3.63, 3.8) is 0 Å². The molecule has 1 saturated heterocycles. The minimum absolute atomic E-state index is 0.0520. The number of amides is 1. The molecule has 0 radical (unpaired) electrons. The number of Topliss-reactive ketones (excluding diaryl/α,β-unsaturated/α-hetero) is 2. The second-order valence-electron chi connectivity index (χ2n) is 11.6. The van der Waals surface area contributed by atoms with Crippen LogP contribution in [-0.2, 0) is 22.6 Å². The maximum absolute atomic E-state index is 14.1. The second kappa shape index (κ2) is 9.35. The van der Waals surface area contributed by atoms with Crippen molar-refractivity contribution in [2.75, 3.05) is 46.2 Å². The molecule has 11 nitrogen and oxygen atoms in total. The van der Waals surface area contributed by atoms with Crippen LogP contribution < -0.4 is 10.6 Å². The minimum atomic E-state index is -2.64. The van der Waals surface area contributed by atoms with Gasteiger partial charge in [0.15, 0.2) is 11.4 Å². The predicted octanol–water partition coefficient (Wildman–Crippen LogP) is 0.782. The summed E-state index contributed by atoms with van der Waals surface area (Å²) >= 11 is 0. The number of benzene rings is 1. The highest BCUT2D eigenvalue weighted by Crippen LogP contribution is 2.53. The highest BCUT2D eigenvalue weighted by atomic mass is 16.3. The fraction of sp³-hybridized carbons (Fsp3) is 0.536. The molecule has 1 amide bonds. The van der Waals surface area contributed by atoms with Crippen LogP contribution in [0.3, 0.4) is 0 Å². The molecule has 3 aliphatic carbocycles. The lowest BCUT2D eigenvalue weighted by molar-refractivity contribution is -0.148. The van der Waals surface area contributed by atoms with Crippen molar-refractivity contribution in [1.29, 1.82) is 0 Å². The zero-order chi connectivity index (χ0) is 28.5. The van der Waals surface area contributed by atoms with E-state index in [1.165, 1.54) is 0 Å². The van der Waals surface area contributed by atoms with Crippen molar-refractivity contribution in [3.8, 4) is 5.75 Å². The van der Waals surface area contributed by atoms with Gasteiger partial charge in [0.05, 0.1) is 11.6 Å². The quantitative estimate of drug-likeness (QED) is 0.337. The van der Waals surface area contributed by atoms with E-state index in [2.05, 4.69) is 4.90 Å². The summed E-state index contributed by atoms with van der Waals surface area (Å²) in [5, 5.41) is 45.5. The molecular weight excluding hydrogens is 504 g/mol. The van der Waals surface area contributed by atoms with Gasteiger partial charge in [0.1, 0.15) is 22.8 Å². The molecule has 1 heterocycles. The Hall–Kier alpha value is -3.41. The Morgan fingerprint density at radius 3 is 2.33 bits per heavy atom. The number of nitrogens with two attached hydrogens (primary N) is 1. The van der Waals surface area contributed by atoms with E-state index in [4.69, 9.17) is 5.73 Å². The molecule has 11 heteroatoms. The Labute approximate surface area is 226 Å². The van der Waals surface area contributed by atoms with Gasteiger partial charge in [-0.15, -0.1) is 0 Å². The van der Waals surface area contributed by atoms with Gasteiger partial charge in [-0.25, -0.2) is 0 Å². The molecule has 4 aliphatic rings. The second-order valence-corrected chi connectivity index (χ2v) is 11.6. The number of fused-ring (bicyclic) bond motifs is 3. The maximum atomic E-state index is 14.1. The number of carbonyl (C=O) groups excluding carboxylic acids is 3. The fourth-order valence-corrected chi connectivity index (χ4v) is 7.05. The Morgan fingerprint density at radius 1 is 1.13 bits per heavy atom. The molecule has 1 fully saturated rings. The lowest BCUT2D eigenvalue weighted by Crippen LogP contribution is -2.63. The number of phenolic OH excluding ortho intramolecular Hbond substituents is 1. The molecule has 1 aromatic carbocycles. The van der Waals surface area contributed by atoms with Crippen molar-refractivity contribution in [1.82, 2.24) is 9.80 Å². The standard InChI is InChI=1S/C28H36N4O7/c1-30(2)17-11-14(12-32-7-5-6-8-32)22(33)19-15(17)9-13-10-16-21(31(3)4)24(35)20(27(29)38)26(37)28(16,39)25(36)18(13)23(19)34/h11,13,16,21,33,35-36,39H,5-10,12H2,1-4H3,(H2,29,38)/t13-,16-,21-,28-/m0/s1.